The predicted octanol–water partition coefficient (Wildman–Crippen LogP) is 2.99. The number of benzene rings is 1. The van der Waals surface area contributed by atoms with Crippen molar-refractivity contribution in [1.29, 1.82) is 0 Å². The lowest BCUT2D eigenvalue weighted by molar-refractivity contribution is 0.0979. The summed E-state index contributed by atoms with van der Waals surface area (Å²) in [5.41, 5.74) is 2.00. The van der Waals surface area contributed by atoms with Crippen LogP contribution in [0.2, 0.25) is 0 Å². The van der Waals surface area contributed by atoms with Gasteiger partial charge in [0.05, 0.1) is 14.2 Å². The van der Waals surface area contributed by atoms with Crippen LogP contribution in [0.25, 0.3) is 10.2 Å². The number of ether oxygens (including phenoxy) is 2. The number of amides is 1. The van der Waals surface area contributed by atoms with Crippen LogP contribution < -0.4 is 14.4 Å². The van der Waals surface area contributed by atoms with Crippen LogP contribution >= 0.6 is 23.7 Å². The molecule has 0 aliphatic heterocycles. The van der Waals surface area contributed by atoms with Gasteiger partial charge in [-0.1, -0.05) is 11.3 Å². The number of carbonyl (C=O) groups excluding carboxylic acids is 1. The van der Waals surface area contributed by atoms with Gasteiger partial charge in [0.1, 0.15) is 21.7 Å². The second-order valence-electron chi connectivity index (χ2n) is 6.70. The highest BCUT2D eigenvalue weighted by molar-refractivity contribution is 7.22. The Labute approximate surface area is 180 Å². The Bertz CT molecular complexity index is 941. The summed E-state index contributed by atoms with van der Waals surface area (Å²) in [7, 11) is 8.98. The van der Waals surface area contributed by atoms with Crippen LogP contribution in [0.4, 0.5) is 5.13 Å². The van der Waals surface area contributed by atoms with Crippen molar-refractivity contribution >= 4 is 45.0 Å². The number of aryl methyl sites for hydroxylation is 2. The molecule has 3 rings (SSSR count). The van der Waals surface area contributed by atoms with Crippen molar-refractivity contribution in [3.8, 4) is 11.5 Å². The van der Waals surface area contributed by atoms with Crippen molar-refractivity contribution in [2.75, 3.05) is 46.3 Å². The summed E-state index contributed by atoms with van der Waals surface area (Å²) in [5, 5.41) is 4.94. The van der Waals surface area contributed by atoms with E-state index in [9.17, 15) is 4.79 Å². The minimum absolute atomic E-state index is 0. The van der Waals surface area contributed by atoms with Gasteiger partial charge in [0.2, 0.25) is 0 Å². The number of methoxy groups -OCH3 is 2. The van der Waals surface area contributed by atoms with Crippen molar-refractivity contribution in [2.45, 2.75) is 6.92 Å². The second kappa shape index (κ2) is 9.43. The molecule has 0 fully saturated rings. The van der Waals surface area contributed by atoms with E-state index in [2.05, 4.69) is 5.10 Å². The largest absolute Gasteiger partial charge is 0.495 e. The number of hydrogen-bond donors (Lipinski definition) is 0. The van der Waals surface area contributed by atoms with Crippen LogP contribution in [0.5, 0.6) is 11.5 Å². The number of aromatic nitrogens is 3. The first kappa shape index (κ1) is 22.9. The quantitative estimate of drug-likeness (QED) is 0.563. The Hall–Kier alpha value is -2.36. The summed E-state index contributed by atoms with van der Waals surface area (Å²) in [4.78, 5) is 21.7. The Morgan fingerprint density at radius 3 is 2.38 bits per heavy atom. The molecular weight excluding hydrogens is 414 g/mol. The van der Waals surface area contributed by atoms with E-state index in [1.807, 2.05) is 45.1 Å². The molecule has 0 aliphatic rings. The van der Waals surface area contributed by atoms with Gasteiger partial charge >= 0.3 is 0 Å². The normalized spacial score (nSPS) is 10.9. The number of carbonyl (C=O) groups is 1. The van der Waals surface area contributed by atoms with E-state index in [-0.39, 0.29) is 18.3 Å². The van der Waals surface area contributed by atoms with Crippen molar-refractivity contribution in [1.82, 2.24) is 19.7 Å². The van der Waals surface area contributed by atoms with Crippen LogP contribution in [0, 0.1) is 6.92 Å². The number of likely N-dealkylation sites (N-methyl/N-ethyl adjacent to an activating group) is 1. The number of halogens is 1. The maximum Gasteiger partial charge on any atom is 0.280 e. The molecule has 1 aromatic carbocycles. The lowest BCUT2D eigenvalue weighted by Gasteiger charge is -2.21. The van der Waals surface area contributed by atoms with Crippen LogP contribution in [0.1, 0.15) is 16.2 Å². The topological polar surface area (TPSA) is 72.7 Å². The zero-order valence-corrected chi connectivity index (χ0v) is 19.1. The molecule has 1 amide bonds. The minimum atomic E-state index is -0.178. The minimum Gasteiger partial charge on any atom is -0.495 e. The zero-order chi connectivity index (χ0) is 20.4. The lowest BCUT2D eigenvalue weighted by atomic mass is 10.3. The number of anilines is 1. The Kier molecular flexibility index (Phi) is 7.45. The third kappa shape index (κ3) is 4.63. The van der Waals surface area contributed by atoms with E-state index < -0.39 is 0 Å². The van der Waals surface area contributed by atoms with E-state index in [4.69, 9.17) is 14.5 Å². The van der Waals surface area contributed by atoms with Gasteiger partial charge < -0.3 is 14.4 Å². The molecule has 0 N–H and O–H groups in total. The molecule has 8 nitrogen and oxygen atoms in total. The molecule has 158 valence electrons. The van der Waals surface area contributed by atoms with Crippen LogP contribution in [-0.4, -0.2) is 67.0 Å². The van der Waals surface area contributed by atoms with Gasteiger partial charge in [0.25, 0.3) is 5.91 Å². The first-order chi connectivity index (χ1) is 13.3. The fourth-order valence-corrected chi connectivity index (χ4v) is 3.88. The smallest absolute Gasteiger partial charge is 0.280 e. The highest BCUT2D eigenvalue weighted by Crippen LogP contribution is 2.40. The molecule has 3 aromatic rings. The summed E-state index contributed by atoms with van der Waals surface area (Å²) in [6.07, 6.45) is 0. The second-order valence-corrected chi connectivity index (χ2v) is 7.68. The third-order valence-electron chi connectivity index (χ3n) is 4.48. The number of hydrogen-bond acceptors (Lipinski definition) is 7. The standard InChI is InChI=1S/C19H25N5O3S.ClH/c1-12-11-13(21-23(12)4)18(25)24(10-9-22(2)3)19-20-16-14(26-5)7-8-15(27-6)17(16)28-19;/h7-8,11H,9-10H2,1-6H3;1H. The van der Waals surface area contributed by atoms with Crippen molar-refractivity contribution < 1.29 is 14.3 Å². The Balaban J connectivity index is 0.00000300. The molecule has 0 aliphatic carbocycles. The summed E-state index contributed by atoms with van der Waals surface area (Å²) >= 11 is 1.41. The number of nitrogens with zero attached hydrogens (tertiary/aromatic N) is 5. The molecular formula is C19H26ClN5O3S. The van der Waals surface area contributed by atoms with Crippen LogP contribution in [0.3, 0.4) is 0 Å². The van der Waals surface area contributed by atoms with Gasteiger partial charge in [-0.25, -0.2) is 4.98 Å². The molecule has 0 spiro atoms. The van der Waals surface area contributed by atoms with E-state index in [1.165, 1.54) is 11.3 Å². The fraction of sp³-hybridized carbons (Fsp3) is 0.421. The average molecular weight is 440 g/mol. The first-order valence-corrected chi connectivity index (χ1v) is 9.66. The monoisotopic (exact) mass is 439 g/mol. The van der Waals surface area contributed by atoms with Crippen LogP contribution in [-0.2, 0) is 7.05 Å². The van der Waals surface area contributed by atoms with Crippen LogP contribution in [0.15, 0.2) is 18.2 Å². The Morgan fingerprint density at radius 1 is 1.17 bits per heavy atom. The molecule has 10 heteroatoms. The van der Waals surface area contributed by atoms with E-state index in [0.29, 0.717) is 40.9 Å². The Morgan fingerprint density at radius 2 is 1.83 bits per heavy atom. The molecule has 2 heterocycles. The van der Waals surface area contributed by atoms with Gasteiger partial charge in [0.15, 0.2) is 10.8 Å². The zero-order valence-electron chi connectivity index (χ0n) is 17.4. The summed E-state index contributed by atoms with van der Waals surface area (Å²) in [5.74, 6) is 1.17. The highest BCUT2D eigenvalue weighted by Gasteiger charge is 2.25. The summed E-state index contributed by atoms with van der Waals surface area (Å²) < 4.78 is 13.5. The summed E-state index contributed by atoms with van der Waals surface area (Å²) in [6.45, 7) is 3.11. The number of thiazole rings is 1. The van der Waals surface area contributed by atoms with E-state index in [1.54, 1.807) is 29.9 Å². The lowest BCUT2D eigenvalue weighted by Crippen LogP contribution is -2.37. The van der Waals surface area contributed by atoms with Crippen molar-refractivity contribution in [2.24, 2.45) is 7.05 Å². The average Bonchev–Trinajstić information content (AvgIpc) is 3.24. The fourth-order valence-electron chi connectivity index (χ4n) is 2.78. The molecule has 0 unspecified atom stereocenters. The van der Waals surface area contributed by atoms with Gasteiger partial charge in [-0.15, -0.1) is 12.4 Å². The van der Waals surface area contributed by atoms with Gasteiger partial charge in [-0.3, -0.25) is 14.4 Å². The molecule has 2 aromatic heterocycles. The van der Waals surface area contributed by atoms with Gasteiger partial charge in [-0.2, -0.15) is 5.10 Å². The van der Waals surface area contributed by atoms with Gasteiger partial charge in [-0.05, 0) is 39.2 Å². The summed E-state index contributed by atoms with van der Waals surface area (Å²) in [6, 6.07) is 5.45. The van der Waals surface area contributed by atoms with Crippen molar-refractivity contribution in [3.63, 3.8) is 0 Å². The maximum absolute atomic E-state index is 13.2. The molecule has 0 bridgehead atoms. The first-order valence-electron chi connectivity index (χ1n) is 8.84. The molecule has 0 saturated heterocycles. The van der Waals surface area contributed by atoms with E-state index >= 15 is 0 Å². The van der Waals surface area contributed by atoms with E-state index in [0.717, 1.165) is 10.4 Å². The predicted molar refractivity (Wildman–Crippen MR) is 118 cm³/mol. The molecule has 0 saturated carbocycles. The molecule has 0 atom stereocenters. The SMILES string of the molecule is COc1ccc(OC)c2sc(N(CCN(C)C)C(=O)c3cc(C)n(C)n3)nc12.Cl. The third-order valence-corrected chi connectivity index (χ3v) is 5.57. The highest BCUT2D eigenvalue weighted by atomic mass is 35.5. The van der Waals surface area contributed by atoms with Gasteiger partial charge in [0, 0.05) is 25.8 Å². The number of fused-ring (bicyclic) bond motifs is 1. The molecule has 29 heavy (non-hydrogen) atoms. The molecule has 0 radical (unpaired) electrons. The van der Waals surface area contributed by atoms with Crippen molar-refractivity contribution in [3.05, 3.63) is 29.6 Å². The maximum atomic E-state index is 13.2. The number of rotatable bonds is 7.